The van der Waals surface area contributed by atoms with Crippen molar-refractivity contribution in [2.24, 2.45) is 28.6 Å². The topological polar surface area (TPSA) is 66.4 Å². The third-order valence-electron chi connectivity index (χ3n) is 10.2. The number of hydrogen-bond acceptors (Lipinski definition) is 4. The van der Waals surface area contributed by atoms with E-state index in [2.05, 4.69) is 19.9 Å². The minimum absolute atomic E-state index is 0.160. The van der Waals surface area contributed by atoms with Gasteiger partial charge in [-0.1, -0.05) is 26.7 Å². The Labute approximate surface area is 174 Å². The molecule has 0 radical (unpaired) electrons. The van der Waals surface area contributed by atoms with Crippen molar-refractivity contribution in [2.45, 2.75) is 89.6 Å². The van der Waals surface area contributed by atoms with E-state index in [0.717, 1.165) is 30.7 Å². The Morgan fingerprint density at radius 3 is 2.66 bits per heavy atom. The average Bonchev–Trinajstić information content (AvgIpc) is 3.25. The molecule has 0 unspecified atom stereocenters. The number of rotatable bonds is 2. The Morgan fingerprint density at radius 1 is 1.07 bits per heavy atom. The number of nitrogens with zero attached hydrogens (tertiary/aromatic N) is 1. The largest absolute Gasteiger partial charge is 0.468 e. The summed E-state index contributed by atoms with van der Waals surface area (Å²) in [6.07, 6.45) is 13.7. The Balaban J connectivity index is 1.51. The molecule has 0 bridgehead atoms. The van der Waals surface area contributed by atoms with Gasteiger partial charge in [-0.15, -0.1) is 0 Å². The van der Waals surface area contributed by atoms with Gasteiger partial charge in [-0.3, -0.25) is 0 Å². The molecule has 4 saturated carbocycles. The average molecular weight is 398 g/mol. The summed E-state index contributed by atoms with van der Waals surface area (Å²) < 4.78 is 10.9. The molecule has 4 aliphatic rings. The van der Waals surface area contributed by atoms with Crippen molar-refractivity contribution in [3.8, 4) is 12.0 Å². The molecule has 4 aliphatic carbocycles. The van der Waals surface area contributed by atoms with Gasteiger partial charge in [-0.2, -0.15) is 5.26 Å². The van der Waals surface area contributed by atoms with E-state index in [1.807, 2.05) is 0 Å². The first-order chi connectivity index (χ1) is 13.9. The zero-order valence-corrected chi connectivity index (χ0v) is 18.2. The molecule has 1 heterocycles. The van der Waals surface area contributed by atoms with Crippen molar-refractivity contribution < 1.29 is 14.3 Å². The second kappa shape index (κ2) is 6.51. The van der Waals surface area contributed by atoms with E-state index in [4.69, 9.17) is 9.15 Å². The number of hydrogen-bond donors (Lipinski definition) is 1. The molecule has 7 atom stereocenters. The molecule has 4 heteroatoms. The van der Waals surface area contributed by atoms with Gasteiger partial charge in [0.2, 0.25) is 0 Å². The highest BCUT2D eigenvalue weighted by Gasteiger charge is 2.67. The van der Waals surface area contributed by atoms with Crippen LogP contribution in [0.4, 0.5) is 0 Å². The van der Waals surface area contributed by atoms with E-state index >= 15 is 0 Å². The van der Waals surface area contributed by atoms with Gasteiger partial charge in [0.25, 0.3) is 0 Å². The molecular weight excluding hydrogens is 362 g/mol. The van der Waals surface area contributed by atoms with Crippen LogP contribution < -0.4 is 4.74 Å². The summed E-state index contributed by atoms with van der Waals surface area (Å²) in [4.78, 5) is 0. The summed E-state index contributed by atoms with van der Waals surface area (Å²) in [7, 11) is 1.55. The minimum atomic E-state index is -0.636. The fourth-order valence-electron chi connectivity index (χ4n) is 8.63. The van der Waals surface area contributed by atoms with Crippen LogP contribution in [0.2, 0.25) is 0 Å². The Kier molecular flexibility index (Phi) is 4.38. The first kappa shape index (κ1) is 19.5. The Hall–Kier alpha value is -1.47. The van der Waals surface area contributed by atoms with Crippen LogP contribution in [-0.2, 0) is 0 Å². The summed E-state index contributed by atoms with van der Waals surface area (Å²) in [5.74, 6) is 2.36. The van der Waals surface area contributed by atoms with Crippen LogP contribution in [0, 0.1) is 39.9 Å². The van der Waals surface area contributed by atoms with Gasteiger partial charge in [-0.05, 0) is 80.5 Å². The van der Waals surface area contributed by atoms with Crippen molar-refractivity contribution in [1.82, 2.24) is 0 Å². The number of ether oxygens (including phenoxy) is 1. The van der Waals surface area contributed by atoms with E-state index in [0.29, 0.717) is 28.8 Å². The van der Waals surface area contributed by atoms with E-state index < -0.39 is 5.60 Å². The third-order valence-corrected chi connectivity index (χ3v) is 10.2. The molecule has 1 aromatic heterocycles. The molecule has 5 rings (SSSR count). The van der Waals surface area contributed by atoms with Crippen LogP contribution in [0.5, 0.6) is 5.95 Å². The zero-order chi connectivity index (χ0) is 20.4. The van der Waals surface area contributed by atoms with Gasteiger partial charge >= 0.3 is 5.95 Å². The molecule has 1 N–H and O–H groups in total. The number of fused-ring (bicyclic) bond motifs is 5. The van der Waals surface area contributed by atoms with Crippen LogP contribution in [0.25, 0.3) is 0 Å². The summed E-state index contributed by atoms with van der Waals surface area (Å²) >= 11 is 0. The number of furan rings is 1. The van der Waals surface area contributed by atoms with Crippen molar-refractivity contribution in [1.29, 1.82) is 5.26 Å². The molecule has 0 amide bonds. The number of methoxy groups -OCH3 is 1. The predicted octanol–water partition coefficient (Wildman–Crippen LogP) is 5.79. The van der Waals surface area contributed by atoms with Crippen molar-refractivity contribution in [3.05, 3.63) is 17.4 Å². The molecule has 0 aromatic carbocycles. The smallest absolute Gasteiger partial charge is 0.302 e. The van der Waals surface area contributed by atoms with Gasteiger partial charge in [-0.25, -0.2) is 0 Å². The predicted molar refractivity (Wildman–Crippen MR) is 111 cm³/mol. The monoisotopic (exact) mass is 397 g/mol. The second-order valence-electron chi connectivity index (χ2n) is 10.9. The fourth-order valence-corrected chi connectivity index (χ4v) is 8.63. The van der Waals surface area contributed by atoms with Gasteiger partial charge in [0, 0.05) is 11.0 Å². The highest BCUT2D eigenvalue weighted by Crippen LogP contribution is 2.70. The lowest BCUT2D eigenvalue weighted by Gasteiger charge is -2.63. The molecule has 29 heavy (non-hydrogen) atoms. The first-order valence-corrected chi connectivity index (χ1v) is 11.7. The number of aliphatic hydroxyl groups is 1. The van der Waals surface area contributed by atoms with Gasteiger partial charge in [0.05, 0.1) is 19.0 Å². The maximum absolute atomic E-state index is 12.3. The zero-order valence-electron chi connectivity index (χ0n) is 18.2. The maximum Gasteiger partial charge on any atom is 0.302 e. The third kappa shape index (κ3) is 2.40. The SMILES string of the molecule is COc1occ([C@H]2CC[C@]3(O)[C@@H]4CC[C@@H]5CCCC[C@]5(C)[C@H]4CC[C@]23C)c1C#N. The first-order valence-electron chi connectivity index (χ1n) is 11.7. The summed E-state index contributed by atoms with van der Waals surface area (Å²) in [5, 5.41) is 22.0. The quantitative estimate of drug-likeness (QED) is 0.686. The molecule has 1 aromatic rings. The molecule has 4 fully saturated rings. The second-order valence-corrected chi connectivity index (χ2v) is 10.9. The van der Waals surface area contributed by atoms with E-state index in [9.17, 15) is 10.4 Å². The molecule has 158 valence electrons. The molecule has 0 spiro atoms. The van der Waals surface area contributed by atoms with Gasteiger partial charge < -0.3 is 14.3 Å². The Morgan fingerprint density at radius 2 is 1.90 bits per heavy atom. The standard InChI is InChI=1S/C25H35NO3/c1-23-11-5-4-6-16(23)7-8-21-20(23)9-12-24(2)19(10-13-25(21,24)27)18-15-29-22(28-3)17(18)14-26/h15-16,19-21,27H,4-13H2,1-3H3/t16-,19+,20-,21+,23-,24+,25-/m0/s1. The van der Waals surface area contributed by atoms with Gasteiger partial charge in [0.15, 0.2) is 0 Å². The van der Waals surface area contributed by atoms with Crippen LogP contribution in [0.3, 0.4) is 0 Å². The lowest BCUT2D eigenvalue weighted by Crippen LogP contribution is -2.61. The minimum Gasteiger partial charge on any atom is -0.468 e. The Bertz CT molecular complexity index is 840. The van der Waals surface area contributed by atoms with Crippen molar-refractivity contribution in [2.75, 3.05) is 7.11 Å². The highest BCUT2D eigenvalue weighted by atomic mass is 16.6. The maximum atomic E-state index is 12.3. The van der Waals surface area contributed by atoms with E-state index in [1.54, 1.807) is 13.4 Å². The summed E-state index contributed by atoms with van der Waals surface area (Å²) in [5.41, 5.74) is 1.04. The fraction of sp³-hybridized carbons (Fsp3) is 0.800. The molecule has 4 nitrogen and oxygen atoms in total. The lowest BCUT2D eigenvalue weighted by molar-refractivity contribution is -0.200. The highest BCUT2D eigenvalue weighted by molar-refractivity contribution is 5.47. The molecular formula is C25H35NO3. The van der Waals surface area contributed by atoms with E-state index in [-0.39, 0.29) is 11.3 Å². The molecule has 0 saturated heterocycles. The van der Waals surface area contributed by atoms with E-state index in [1.165, 1.54) is 44.9 Å². The van der Waals surface area contributed by atoms with Crippen LogP contribution in [0.15, 0.2) is 10.7 Å². The summed E-state index contributed by atoms with van der Waals surface area (Å²) in [6, 6.07) is 2.30. The van der Waals surface area contributed by atoms with Gasteiger partial charge in [0.1, 0.15) is 11.6 Å². The molecule has 0 aliphatic heterocycles. The van der Waals surface area contributed by atoms with Crippen molar-refractivity contribution >= 4 is 0 Å². The van der Waals surface area contributed by atoms with Crippen LogP contribution in [-0.4, -0.2) is 17.8 Å². The lowest BCUT2D eigenvalue weighted by atomic mass is 9.43. The van der Waals surface area contributed by atoms with Crippen LogP contribution in [0.1, 0.15) is 95.1 Å². The normalized spacial score (nSPS) is 46.3. The van der Waals surface area contributed by atoms with Crippen LogP contribution >= 0.6 is 0 Å². The summed E-state index contributed by atoms with van der Waals surface area (Å²) in [6.45, 7) is 4.83. The van der Waals surface area contributed by atoms with Crippen molar-refractivity contribution in [3.63, 3.8) is 0 Å². The number of nitriles is 1.